The molecule has 1 aliphatic heterocycles. The van der Waals surface area contributed by atoms with Gasteiger partial charge in [0.05, 0.1) is 6.10 Å². The summed E-state index contributed by atoms with van der Waals surface area (Å²) in [6.45, 7) is 8.23. The Hall–Kier alpha value is -1.80. The van der Waals surface area contributed by atoms with E-state index >= 15 is 0 Å². The first kappa shape index (κ1) is 25.5. The number of benzene rings is 2. The number of hydrogen-bond donors (Lipinski definition) is 2. The molecule has 2 aromatic rings. The van der Waals surface area contributed by atoms with Crippen molar-refractivity contribution in [2.75, 3.05) is 26.7 Å². The lowest BCUT2D eigenvalue weighted by Crippen LogP contribution is -2.48. The molecule has 2 N–H and O–H groups in total. The summed E-state index contributed by atoms with van der Waals surface area (Å²) < 4.78 is 5.71. The minimum Gasteiger partial charge on any atom is -0.491 e. The van der Waals surface area contributed by atoms with Crippen LogP contribution in [0.4, 0.5) is 0 Å². The molecular weight excluding hydrogens is 499 g/mol. The van der Waals surface area contributed by atoms with Gasteiger partial charge in [0.15, 0.2) is 5.96 Å². The second-order valence-electron chi connectivity index (χ2n) is 8.24. The molecule has 1 aliphatic rings. The molecule has 0 spiro atoms. The number of ether oxygens (including phenoxy) is 1. The number of nitrogens with zero attached hydrogens (tertiary/aromatic N) is 2. The van der Waals surface area contributed by atoms with Crippen LogP contribution < -0.4 is 15.4 Å². The van der Waals surface area contributed by atoms with Crippen LogP contribution in [0.15, 0.2) is 59.6 Å². The molecule has 6 heteroatoms. The maximum Gasteiger partial charge on any atom is 0.191 e. The van der Waals surface area contributed by atoms with Gasteiger partial charge in [-0.2, -0.15) is 0 Å². The first-order valence-electron chi connectivity index (χ1n) is 11.1. The van der Waals surface area contributed by atoms with Crippen LogP contribution in [-0.4, -0.2) is 49.7 Å². The van der Waals surface area contributed by atoms with Crippen molar-refractivity contribution in [3.05, 3.63) is 65.7 Å². The van der Waals surface area contributed by atoms with Crippen LogP contribution in [0.3, 0.4) is 0 Å². The molecule has 0 atom stereocenters. The van der Waals surface area contributed by atoms with E-state index < -0.39 is 0 Å². The third-order valence-corrected chi connectivity index (χ3v) is 5.40. The molecule has 2 aromatic carbocycles. The predicted molar refractivity (Wildman–Crippen MR) is 141 cm³/mol. The van der Waals surface area contributed by atoms with Crippen molar-refractivity contribution in [3.8, 4) is 5.75 Å². The zero-order valence-corrected chi connectivity index (χ0v) is 21.3. The molecule has 0 saturated carbocycles. The van der Waals surface area contributed by atoms with Gasteiger partial charge in [0.1, 0.15) is 5.75 Å². The smallest absolute Gasteiger partial charge is 0.191 e. The van der Waals surface area contributed by atoms with Crippen molar-refractivity contribution in [1.29, 1.82) is 0 Å². The van der Waals surface area contributed by atoms with Crippen LogP contribution in [0.2, 0.25) is 0 Å². The average molecular weight is 537 g/mol. The Morgan fingerprint density at radius 3 is 2.32 bits per heavy atom. The molecular formula is C25H37IN4O. The fourth-order valence-corrected chi connectivity index (χ4v) is 3.80. The highest BCUT2D eigenvalue weighted by atomic mass is 127. The predicted octanol–water partition coefficient (Wildman–Crippen LogP) is 4.46. The van der Waals surface area contributed by atoms with E-state index in [1.807, 2.05) is 33.0 Å². The van der Waals surface area contributed by atoms with Gasteiger partial charge in [-0.05, 0) is 56.4 Å². The van der Waals surface area contributed by atoms with Crippen LogP contribution >= 0.6 is 24.0 Å². The molecule has 0 bridgehead atoms. The van der Waals surface area contributed by atoms with E-state index in [1.165, 1.54) is 11.1 Å². The molecule has 0 amide bonds. The Labute approximate surface area is 204 Å². The molecule has 31 heavy (non-hydrogen) atoms. The lowest BCUT2D eigenvalue weighted by atomic mass is 10.0. The molecule has 5 nitrogen and oxygen atoms in total. The number of guanidine groups is 1. The highest BCUT2D eigenvalue weighted by Gasteiger charge is 2.19. The van der Waals surface area contributed by atoms with Crippen molar-refractivity contribution in [3.63, 3.8) is 0 Å². The third-order valence-electron chi connectivity index (χ3n) is 5.40. The number of hydrogen-bond acceptors (Lipinski definition) is 3. The lowest BCUT2D eigenvalue weighted by Gasteiger charge is -2.33. The Kier molecular flexibility index (Phi) is 11.2. The highest BCUT2D eigenvalue weighted by molar-refractivity contribution is 14.0. The topological polar surface area (TPSA) is 48.9 Å². The fraction of sp³-hybridized carbons (Fsp3) is 0.480. The van der Waals surface area contributed by atoms with Crippen molar-refractivity contribution in [2.24, 2.45) is 4.99 Å². The fourth-order valence-electron chi connectivity index (χ4n) is 3.80. The normalized spacial score (nSPS) is 15.4. The zero-order valence-electron chi connectivity index (χ0n) is 19.0. The summed E-state index contributed by atoms with van der Waals surface area (Å²) >= 11 is 0. The Morgan fingerprint density at radius 2 is 1.71 bits per heavy atom. The van der Waals surface area contributed by atoms with Gasteiger partial charge in [-0.1, -0.05) is 42.5 Å². The third kappa shape index (κ3) is 9.07. The number of aliphatic imine (C=N–C) groups is 1. The van der Waals surface area contributed by atoms with Crippen molar-refractivity contribution in [2.45, 2.75) is 51.8 Å². The molecule has 170 valence electrons. The number of nitrogens with one attached hydrogen (secondary N) is 2. The molecule has 0 radical (unpaired) electrons. The molecule has 0 aromatic heterocycles. The maximum atomic E-state index is 5.71. The van der Waals surface area contributed by atoms with Gasteiger partial charge in [-0.3, -0.25) is 9.89 Å². The van der Waals surface area contributed by atoms with E-state index in [0.717, 1.165) is 57.2 Å². The van der Waals surface area contributed by atoms with Gasteiger partial charge in [-0.15, -0.1) is 24.0 Å². The van der Waals surface area contributed by atoms with Crippen LogP contribution in [0.5, 0.6) is 5.75 Å². The molecule has 1 saturated heterocycles. The summed E-state index contributed by atoms with van der Waals surface area (Å²) in [5.41, 5.74) is 2.69. The largest absolute Gasteiger partial charge is 0.491 e. The Balaban J connectivity index is 0.00000341. The Morgan fingerprint density at radius 1 is 1.03 bits per heavy atom. The van der Waals surface area contributed by atoms with Gasteiger partial charge in [-0.25, -0.2) is 0 Å². The molecule has 0 aliphatic carbocycles. The number of likely N-dealkylation sites (tertiary alicyclic amines) is 1. The van der Waals surface area contributed by atoms with Crippen LogP contribution in [0.1, 0.15) is 37.8 Å². The summed E-state index contributed by atoms with van der Waals surface area (Å²) in [4.78, 5) is 6.95. The highest BCUT2D eigenvalue weighted by Crippen LogP contribution is 2.15. The summed E-state index contributed by atoms with van der Waals surface area (Å²) in [6.07, 6.45) is 3.45. The average Bonchev–Trinajstić information content (AvgIpc) is 2.76. The monoisotopic (exact) mass is 536 g/mol. The minimum absolute atomic E-state index is 0. The quantitative estimate of drug-likeness (QED) is 0.297. The zero-order chi connectivity index (χ0) is 21.2. The van der Waals surface area contributed by atoms with Crippen molar-refractivity contribution in [1.82, 2.24) is 15.5 Å². The van der Waals surface area contributed by atoms with Gasteiger partial charge < -0.3 is 15.4 Å². The van der Waals surface area contributed by atoms with E-state index in [2.05, 4.69) is 63.0 Å². The lowest BCUT2D eigenvalue weighted by molar-refractivity contribution is 0.198. The molecule has 0 unspecified atom stereocenters. The van der Waals surface area contributed by atoms with E-state index in [9.17, 15) is 0 Å². The summed E-state index contributed by atoms with van der Waals surface area (Å²) in [6, 6.07) is 19.6. The minimum atomic E-state index is 0. The standard InChI is InChI=1S/C25H36N4O.HI/c1-20(2)30-24-11-9-21(10-12-24)13-16-27-25(26-3)28-23-14-17-29(18-15-23)19-22-7-5-4-6-8-22;/h4-12,20,23H,13-19H2,1-3H3,(H2,26,27,28);1H. The maximum absolute atomic E-state index is 5.71. The SMILES string of the molecule is CN=C(NCCc1ccc(OC(C)C)cc1)NC1CCN(Cc2ccccc2)CC1.I. The second kappa shape index (κ2) is 13.6. The summed E-state index contributed by atoms with van der Waals surface area (Å²) in [5, 5.41) is 7.06. The number of halogens is 1. The van der Waals surface area contributed by atoms with Gasteiger partial charge >= 0.3 is 0 Å². The summed E-state index contributed by atoms with van der Waals surface area (Å²) in [5.74, 6) is 1.83. The van der Waals surface area contributed by atoms with E-state index in [0.29, 0.717) is 6.04 Å². The van der Waals surface area contributed by atoms with Gasteiger partial charge in [0.25, 0.3) is 0 Å². The van der Waals surface area contributed by atoms with Crippen LogP contribution in [-0.2, 0) is 13.0 Å². The Bertz CT molecular complexity index is 772. The van der Waals surface area contributed by atoms with Gasteiger partial charge in [0, 0.05) is 39.3 Å². The molecule has 3 rings (SSSR count). The van der Waals surface area contributed by atoms with E-state index in [-0.39, 0.29) is 30.1 Å². The van der Waals surface area contributed by atoms with Crippen molar-refractivity contribution >= 4 is 29.9 Å². The first-order valence-corrected chi connectivity index (χ1v) is 11.1. The molecule has 1 heterocycles. The van der Waals surface area contributed by atoms with Crippen LogP contribution in [0.25, 0.3) is 0 Å². The second-order valence-corrected chi connectivity index (χ2v) is 8.24. The summed E-state index contributed by atoms with van der Waals surface area (Å²) in [7, 11) is 1.85. The van der Waals surface area contributed by atoms with Crippen LogP contribution in [0, 0.1) is 0 Å². The number of piperidine rings is 1. The van der Waals surface area contributed by atoms with Gasteiger partial charge in [0.2, 0.25) is 0 Å². The number of rotatable bonds is 8. The van der Waals surface area contributed by atoms with Crippen molar-refractivity contribution < 1.29 is 4.74 Å². The van der Waals surface area contributed by atoms with E-state index in [1.54, 1.807) is 0 Å². The van der Waals surface area contributed by atoms with E-state index in [4.69, 9.17) is 4.74 Å². The first-order chi connectivity index (χ1) is 14.6. The molecule has 1 fully saturated rings.